The summed E-state index contributed by atoms with van der Waals surface area (Å²) in [5.41, 5.74) is 3.55. The number of aromatic nitrogens is 1. The molecule has 1 fully saturated rings. The fourth-order valence-corrected chi connectivity index (χ4v) is 5.03. The molecule has 1 aromatic heterocycles. The van der Waals surface area contributed by atoms with E-state index in [2.05, 4.69) is 4.98 Å². The number of para-hydroxylation sites is 1. The molecule has 5 rings (SSSR count). The number of rotatable bonds is 6. The normalized spacial score (nSPS) is 20.1. The standard InChI is InChI=1S/C24H25N4O6/c1-33-21(34-2)13-26-12-20(29)27-19(24(26)30)11-17-16-5-3-4-6-18(16)25-22(17)23(27)14-7-9-15(10-8-14)28(31)32/h3-10,19,21,23,25,31H,11-13H2,1-2H3/q-1. The number of fused-ring (bicyclic) bond motifs is 4. The predicted molar refractivity (Wildman–Crippen MR) is 123 cm³/mol. The van der Waals surface area contributed by atoms with Crippen molar-refractivity contribution >= 4 is 28.4 Å². The highest BCUT2D eigenvalue weighted by atomic mass is 16.8. The molecule has 0 aliphatic carbocycles. The van der Waals surface area contributed by atoms with Crippen molar-refractivity contribution in [3.8, 4) is 0 Å². The zero-order chi connectivity index (χ0) is 24.0. The summed E-state index contributed by atoms with van der Waals surface area (Å²) in [6.07, 6.45) is -0.252. The van der Waals surface area contributed by atoms with Crippen molar-refractivity contribution in [2.45, 2.75) is 24.8 Å². The van der Waals surface area contributed by atoms with E-state index in [1.165, 1.54) is 31.3 Å². The number of anilines is 1. The number of carbonyl (C=O) groups is 2. The number of amides is 2. The molecule has 0 saturated carbocycles. The number of piperazine rings is 1. The number of carbonyl (C=O) groups excluding carboxylic acids is 2. The van der Waals surface area contributed by atoms with Crippen LogP contribution < -0.4 is 5.23 Å². The third-order valence-electron chi connectivity index (χ3n) is 6.67. The molecule has 0 bridgehead atoms. The first-order chi connectivity index (χ1) is 16.4. The van der Waals surface area contributed by atoms with Crippen LogP contribution in [-0.2, 0) is 25.5 Å². The lowest BCUT2D eigenvalue weighted by Gasteiger charge is -2.47. The molecule has 2 aliphatic rings. The van der Waals surface area contributed by atoms with Crippen LogP contribution in [0.15, 0.2) is 48.5 Å². The average molecular weight is 465 g/mol. The van der Waals surface area contributed by atoms with Gasteiger partial charge >= 0.3 is 0 Å². The number of methoxy groups -OCH3 is 2. The van der Waals surface area contributed by atoms with Crippen LogP contribution in [-0.4, -0.2) is 71.4 Å². The van der Waals surface area contributed by atoms with Crippen LogP contribution in [0.3, 0.4) is 0 Å². The second-order valence-corrected chi connectivity index (χ2v) is 8.47. The van der Waals surface area contributed by atoms with Crippen molar-refractivity contribution in [1.82, 2.24) is 14.8 Å². The summed E-state index contributed by atoms with van der Waals surface area (Å²) in [7, 11) is 2.98. The molecular weight excluding hydrogens is 440 g/mol. The summed E-state index contributed by atoms with van der Waals surface area (Å²) in [5.74, 6) is -0.362. The van der Waals surface area contributed by atoms with Crippen LogP contribution in [0.25, 0.3) is 10.9 Å². The summed E-state index contributed by atoms with van der Waals surface area (Å²) < 4.78 is 10.5. The molecule has 1 saturated heterocycles. The van der Waals surface area contributed by atoms with E-state index in [1.807, 2.05) is 24.3 Å². The molecule has 34 heavy (non-hydrogen) atoms. The van der Waals surface area contributed by atoms with Gasteiger partial charge in [0.05, 0.1) is 18.3 Å². The smallest absolute Gasteiger partial charge is 0.246 e. The Bertz CT molecular complexity index is 1220. The predicted octanol–water partition coefficient (Wildman–Crippen LogP) is 2.17. The first kappa shape index (κ1) is 22.4. The maximum atomic E-state index is 13.6. The van der Waals surface area contributed by atoms with Crippen LogP contribution in [0.1, 0.15) is 22.9 Å². The summed E-state index contributed by atoms with van der Waals surface area (Å²) in [4.78, 5) is 33.6. The van der Waals surface area contributed by atoms with Crippen LogP contribution in [0.5, 0.6) is 0 Å². The van der Waals surface area contributed by atoms with E-state index in [4.69, 9.17) is 9.47 Å². The van der Waals surface area contributed by atoms with E-state index in [1.54, 1.807) is 17.0 Å². The number of nitrogens with zero attached hydrogens (tertiary/aromatic N) is 3. The third-order valence-corrected chi connectivity index (χ3v) is 6.67. The van der Waals surface area contributed by atoms with Gasteiger partial charge in [0, 0.05) is 37.2 Å². The Labute approximate surface area is 195 Å². The summed E-state index contributed by atoms with van der Waals surface area (Å²) in [6.45, 7) is 0.0610. The SMILES string of the molecule is COC(CN1CC(=O)N2C(Cc3c([nH]c4ccccc34)C2c2ccc(N([O-])O)cc2)C1=O)OC. The molecule has 10 nitrogen and oxygen atoms in total. The van der Waals surface area contributed by atoms with Crippen LogP contribution in [0.2, 0.25) is 0 Å². The maximum Gasteiger partial charge on any atom is 0.246 e. The summed E-state index contributed by atoms with van der Waals surface area (Å²) in [6, 6.07) is 12.9. The second kappa shape index (κ2) is 8.73. The van der Waals surface area contributed by atoms with E-state index < -0.39 is 18.4 Å². The Balaban J connectivity index is 1.61. The van der Waals surface area contributed by atoms with E-state index >= 15 is 0 Å². The first-order valence-corrected chi connectivity index (χ1v) is 10.9. The first-order valence-electron chi connectivity index (χ1n) is 10.9. The highest BCUT2D eigenvalue weighted by Crippen LogP contribution is 2.42. The fraction of sp³-hybridized carbons (Fsp3) is 0.333. The van der Waals surface area contributed by atoms with E-state index in [-0.39, 0.29) is 35.8 Å². The van der Waals surface area contributed by atoms with E-state index in [0.717, 1.165) is 27.7 Å². The van der Waals surface area contributed by atoms with Gasteiger partial charge in [-0.15, -0.1) is 0 Å². The molecule has 3 aromatic rings. The minimum atomic E-state index is -0.694. The molecule has 3 heterocycles. The highest BCUT2D eigenvalue weighted by Gasteiger charge is 2.48. The number of benzene rings is 2. The van der Waals surface area contributed by atoms with E-state index in [0.29, 0.717) is 6.42 Å². The van der Waals surface area contributed by atoms with Crippen molar-refractivity contribution < 1.29 is 24.3 Å². The van der Waals surface area contributed by atoms with Gasteiger partial charge in [-0.2, -0.15) is 0 Å². The van der Waals surface area contributed by atoms with Crippen molar-refractivity contribution in [3.63, 3.8) is 0 Å². The molecule has 2 unspecified atom stereocenters. The molecule has 2 amide bonds. The largest absolute Gasteiger partial charge is 0.733 e. The topological polar surface area (TPSA) is 121 Å². The zero-order valence-electron chi connectivity index (χ0n) is 18.8. The Morgan fingerprint density at radius 1 is 1.15 bits per heavy atom. The number of hydrogen-bond acceptors (Lipinski definition) is 7. The Morgan fingerprint density at radius 3 is 2.53 bits per heavy atom. The molecule has 2 N–H and O–H groups in total. The molecule has 2 atom stereocenters. The Morgan fingerprint density at radius 2 is 1.85 bits per heavy atom. The fourth-order valence-electron chi connectivity index (χ4n) is 5.03. The van der Waals surface area contributed by atoms with Gasteiger partial charge in [-0.3, -0.25) is 14.8 Å². The summed E-state index contributed by atoms with van der Waals surface area (Å²) >= 11 is 0. The van der Waals surface area contributed by atoms with Crippen LogP contribution in [0.4, 0.5) is 5.69 Å². The lowest BCUT2D eigenvalue weighted by molar-refractivity contribution is -0.167. The van der Waals surface area contributed by atoms with Gasteiger partial charge < -0.3 is 34.7 Å². The average Bonchev–Trinajstić information content (AvgIpc) is 3.22. The lowest BCUT2D eigenvalue weighted by atomic mass is 9.86. The summed E-state index contributed by atoms with van der Waals surface area (Å²) in [5, 5.41) is 21.3. The molecule has 10 heteroatoms. The minimum absolute atomic E-state index is 0.0744. The molecule has 2 aromatic carbocycles. The Kier molecular flexibility index (Phi) is 5.74. The van der Waals surface area contributed by atoms with Gasteiger partial charge in [0.2, 0.25) is 11.8 Å². The minimum Gasteiger partial charge on any atom is -0.733 e. The van der Waals surface area contributed by atoms with Gasteiger partial charge in [0.15, 0.2) is 6.29 Å². The monoisotopic (exact) mass is 465 g/mol. The maximum absolute atomic E-state index is 13.6. The number of nitrogens with one attached hydrogen (secondary N) is 1. The zero-order valence-corrected chi connectivity index (χ0v) is 18.8. The molecular formula is C24H25N4O6-. The molecule has 2 aliphatic heterocycles. The quantitative estimate of drug-likeness (QED) is 0.423. The van der Waals surface area contributed by atoms with Crippen molar-refractivity contribution in [2.75, 3.05) is 32.5 Å². The van der Waals surface area contributed by atoms with Crippen LogP contribution >= 0.6 is 0 Å². The molecule has 178 valence electrons. The number of H-pyrrole nitrogens is 1. The second-order valence-electron chi connectivity index (χ2n) is 8.47. The highest BCUT2D eigenvalue weighted by molar-refractivity contribution is 5.97. The number of aromatic amines is 1. The lowest BCUT2D eigenvalue weighted by Crippen LogP contribution is -2.63. The van der Waals surface area contributed by atoms with Gasteiger partial charge in [0.1, 0.15) is 12.6 Å². The van der Waals surface area contributed by atoms with Crippen molar-refractivity contribution in [2.24, 2.45) is 0 Å². The van der Waals surface area contributed by atoms with Gasteiger partial charge in [-0.25, -0.2) is 0 Å². The van der Waals surface area contributed by atoms with Gasteiger partial charge in [-0.05, 0) is 29.3 Å². The number of ether oxygens (including phenoxy) is 2. The van der Waals surface area contributed by atoms with Gasteiger partial charge in [-0.1, -0.05) is 30.3 Å². The van der Waals surface area contributed by atoms with Gasteiger partial charge in [0.25, 0.3) is 0 Å². The van der Waals surface area contributed by atoms with Crippen molar-refractivity contribution in [3.05, 3.63) is 70.6 Å². The van der Waals surface area contributed by atoms with E-state index in [9.17, 15) is 20.0 Å². The molecule has 0 spiro atoms. The Hall–Kier alpha value is -3.44. The third kappa shape index (κ3) is 3.61. The van der Waals surface area contributed by atoms with Crippen LogP contribution in [0, 0.1) is 5.21 Å². The van der Waals surface area contributed by atoms with Crippen molar-refractivity contribution in [1.29, 1.82) is 0 Å². The molecule has 0 radical (unpaired) electrons. The number of hydrogen-bond donors (Lipinski definition) is 2.